The van der Waals surface area contributed by atoms with Crippen molar-refractivity contribution in [3.05, 3.63) is 29.3 Å². The number of urea groups is 1. The van der Waals surface area contributed by atoms with Crippen LogP contribution in [0.2, 0.25) is 0 Å². The van der Waals surface area contributed by atoms with Crippen molar-refractivity contribution in [3.8, 4) is 0 Å². The number of hydrogen-bond acceptors (Lipinski definition) is 2. The van der Waals surface area contributed by atoms with Crippen molar-refractivity contribution in [2.24, 2.45) is 0 Å². The zero-order chi connectivity index (χ0) is 15.4. The van der Waals surface area contributed by atoms with E-state index in [2.05, 4.69) is 12.2 Å². The monoisotopic (exact) mass is 290 g/mol. The Hall–Kier alpha value is -2.04. The van der Waals surface area contributed by atoms with Crippen molar-refractivity contribution in [1.82, 2.24) is 4.90 Å². The van der Waals surface area contributed by atoms with Crippen molar-refractivity contribution in [2.45, 2.75) is 45.6 Å². The summed E-state index contributed by atoms with van der Waals surface area (Å²) in [6.45, 7) is 4.57. The lowest BCUT2D eigenvalue weighted by Gasteiger charge is -2.23. The van der Waals surface area contributed by atoms with E-state index >= 15 is 0 Å². The molecule has 21 heavy (non-hydrogen) atoms. The maximum absolute atomic E-state index is 12.4. The van der Waals surface area contributed by atoms with Gasteiger partial charge in [-0.05, 0) is 43.9 Å². The zero-order valence-electron chi connectivity index (χ0n) is 12.6. The summed E-state index contributed by atoms with van der Waals surface area (Å²) >= 11 is 0. The van der Waals surface area contributed by atoms with E-state index < -0.39 is 5.97 Å². The van der Waals surface area contributed by atoms with Gasteiger partial charge in [0.2, 0.25) is 0 Å². The largest absolute Gasteiger partial charge is 0.478 e. The first-order valence-electron chi connectivity index (χ1n) is 7.45. The number of benzene rings is 1. The molecule has 2 amide bonds. The van der Waals surface area contributed by atoms with Crippen LogP contribution in [0.15, 0.2) is 18.2 Å². The van der Waals surface area contributed by atoms with Crippen LogP contribution in [0.5, 0.6) is 0 Å². The van der Waals surface area contributed by atoms with Gasteiger partial charge in [0.25, 0.3) is 0 Å². The second kappa shape index (κ2) is 6.61. The molecular formula is C16H22N2O3. The van der Waals surface area contributed by atoms with Crippen LogP contribution in [0.3, 0.4) is 0 Å². The Bertz CT molecular complexity index is 538. The van der Waals surface area contributed by atoms with Gasteiger partial charge in [-0.1, -0.05) is 19.4 Å². The smallest absolute Gasteiger partial charge is 0.336 e. The molecule has 0 atom stereocenters. The molecule has 2 rings (SSSR count). The number of anilines is 1. The Morgan fingerprint density at radius 3 is 2.67 bits per heavy atom. The summed E-state index contributed by atoms with van der Waals surface area (Å²) < 4.78 is 0. The third-order valence-corrected chi connectivity index (χ3v) is 3.81. The second-order valence-electron chi connectivity index (χ2n) is 5.49. The van der Waals surface area contributed by atoms with Gasteiger partial charge in [0, 0.05) is 18.3 Å². The maximum Gasteiger partial charge on any atom is 0.336 e. The predicted molar refractivity (Wildman–Crippen MR) is 81.8 cm³/mol. The van der Waals surface area contributed by atoms with E-state index in [9.17, 15) is 9.59 Å². The van der Waals surface area contributed by atoms with Crippen molar-refractivity contribution in [2.75, 3.05) is 11.9 Å². The van der Waals surface area contributed by atoms with Crippen LogP contribution in [-0.2, 0) is 0 Å². The molecule has 2 N–H and O–H groups in total. The third-order valence-electron chi connectivity index (χ3n) is 3.81. The highest BCUT2D eigenvalue weighted by Crippen LogP contribution is 2.28. The number of aromatic carboxylic acids is 1. The van der Waals surface area contributed by atoms with Gasteiger partial charge >= 0.3 is 12.0 Å². The van der Waals surface area contributed by atoms with Gasteiger partial charge in [0.15, 0.2) is 0 Å². The first-order chi connectivity index (χ1) is 10.0. The zero-order valence-corrected chi connectivity index (χ0v) is 12.6. The van der Waals surface area contributed by atoms with Crippen molar-refractivity contribution < 1.29 is 14.7 Å². The van der Waals surface area contributed by atoms with E-state index in [-0.39, 0.29) is 11.6 Å². The highest BCUT2D eigenvalue weighted by Gasteiger charge is 2.32. The van der Waals surface area contributed by atoms with Crippen LogP contribution in [-0.4, -0.2) is 34.6 Å². The third kappa shape index (κ3) is 3.74. The molecule has 0 bridgehead atoms. The van der Waals surface area contributed by atoms with Crippen LogP contribution >= 0.6 is 0 Å². The average Bonchev–Trinajstić information content (AvgIpc) is 3.26. The quantitative estimate of drug-likeness (QED) is 0.842. The second-order valence-corrected chi connectivity index (χ2v) is 5.49. The maximum atomic E-state index is 12.4. The van der Waals surface area contributed by atoms with E-state index in [1.54, 1.807) is 25.1 Å². The molecule has 5 nitrogen and oxygen atoms in total. The number of rotatable bonds is 6. The van der Waals surface area contributed by atoms with Crippen molar-refractivity contribution in [1.29, 1.82) is 0 Å². The molecule has 0 aliphatic heterocycles. The van der Waals surface area contributed by atoms with Crippen LogP contribution < -0.4 is 5.32 Å². The number of carbonyl (C=O) groups excluding carboxylic acids is 1. The lowest BCUT2D eigenvalue weighted by Crippen LogP contribution is -2.37. The van der Waals surface area contributed by atoms with Gasteiger partial charge in [-0.25, -0.2) is 9.59 Å². The Morgan fingerprint density at radius 2 is 2.10 bits per heavy atom. The van der Waals surface area contributed by atoms with Crippen LogP contribution in [0, 0.1) is 6.92 Å². The summed E-state index contributed by atoms with van der Waals surface area (Å²) in [5.41, 5.74) is 1.38. The molecule has 0 heterocycles. The fraction of sp³-hybridized carbons (Fsp3) is 0.500. The molecule has 1 aromatic rings. The molecule has 5 heteroatoms. The highest BCUT2D eigenvalue weighted by molar-refractivity contribution is 5.95. The molecule has 0 radical (unpaired) electrons. The normalized spacial score (nSPS) is 13.8. The number of carboxylic acids is 1. The van der Waals surface area contributed by atoms with Gasteiger partial charge < -0.3 is 15.3 Å². The molecular weight excluding hydrogens is 268 g/mol. The van der Waals surface area contributed by atoms with Gasteiger partial charge in [-0.2, -0.15) is 0 Å². The minimum absolute atomic E-state index is 0.128. The molecule has 0 saturated heterocycles. The minimum Gasteiger partial charge on any atom is -0.478 e. The molecule has 114 valence electrons. The molecule has 0 unspecified atom stereocenters. The summed E-state index contributed by atoms with van der Waals surface area (Å²) in [7, 11) is 0. The number of nitrogens with one attached hydrogen (secondary N) is 1. The van der Waals surface area contributed by atoms with E-state index in [0.717, 1.165) is 32.2 Å². The Morgan fingerprint density at radius 1 is 1.38 bits per heavy atom. The van der Waals surface area contributed by atoms with Gasteiger partial charge in [0.1, 0.15) is 0 Å². The van der Waals surface area contributed by atoms with Crippen LogP contribution in [0.1, 0.15) is 48.5 Å². The first kappa shape index (κ1) is 15.4. The van der Waals surface area contributed by atoms with E-state index in [1.807, 2.05) is 4.90 Å². The van der Waals surface area contributed by atoms with Crippen molar-refractivity contribution >= 4 is 17.7 Å². The van der Waals surface area contributed by atoms with Crippen LogP contribution in [0.25, 0.3) is 0 Å². The fourth-order valence-electron chi connectivity index (χ4n) is 2.35. The fourth-order valence-corrected chi connectivity index (χ4v) is 2.35. The lowest BCUT2D eigenvalue weighted by molar-refractivity contribution is 0.0696. The highest BCUT2D eigenvalue weighted by atomic mass is 16.4. The molecule has 1 aliphatic rings. The van der Waals surface area contributed by atoms with E-state index in [4.69, 9.17) is 5.11 Å². The summed E-state index contributed by atoms with van der Waals surface area (Å²) in [6.07, 6.45) is 4.15. The van der Waals surface area contributed by atoms with Gasteiger partial charge in [-0.15, -0.1) is 0 Å². The lowest BCUT2D eigenvalue weighted by atomic mass is 10.1. The number of carboxylic acid groups (broad SMARTS) is 1. The van der Waals surface area contributed by atoms with Gasteiger partial charge in [0.05, 0.1) is 5.56 Å². The number of nitrogens with zero attached hydrogens (tertiary/aromatic N) is 1. The molecule has 0 spiro atoms. The molecule has 1 aliphatic carbocycles. The summed E-state index contributed by atoms with van der Waals surface area (Å²) in [5, 5.41) is 12.0. The molecule has 1 saturated carbocycles. The van der Waals surface area contributed by atoms with E-state index in [0.29, 0.717) is 17.3 Å². The Balaban J connectivity index is 2.11. The van der Waals surface area contributed by atoms with E-state index in [1.165, 1.54) is 0 Å². The number of hydrogen-bond donors (Lipinski definition) is 2. The Labute approximate surface area is 125 Å². The summed E-state index contributed by atoms with van der Waals surface area (Å²) in [4.78, 5) is 25.4. The minimum atomic E-state index is -0.978. The van der Waals surface area contributed by atoms with Crippen molar-refractivity contribution in [3.63, 3.8) is 0 Å². The number of amides is 2. The van der Waals surface area contributed by atoms with Gasteiger partial charge in [-0.3, -0.25) is 0 Å². The number of carbonyl (C=O) groups is 2. The number of unbranched alkanes of at least 4 members (excludes halogenated alkanes) is 1. The average molecular weight is 290 g/mol. The summed E-state index contributed by atoms with van der Waals surface area (Å²) in [5.74, 6) is -0.978. The summed E-state index contributed by atoms with van der Waals surface area (Å²) in [6, 6.07) is 5.16. The molecule has 1 aromatic carbocycles. The topological polar surface area (TPSA) is 69.6 Å². The predicted octanol–water partition coefficient (Wildman–Crippen LogP) is 3.49. The first-order valence-corrected chi connectivity index (χ1v) is 7.45. The van der Waals surface area contributed by atoms with Crippen LogP contribution in [0.4, 0.5) is 10.5 Å². The SMILES string of the molecule is CCCCN(C(=O)Nc1cccc(C(=O)O)c1C)C1CC1. The standard InChI is InChI=1S/C16H22N2O3/c1-3-4-10-18(12-8-9-12)16(21)17-14-7-5-6-13(11(14)2)15(19)20/h5-7,12H,3-4,8-10H2,1-2H3,(H,17,21)(H,19,20). The molecule has 1 fully saturated rings. The Kier molecular flexibility index (Phi) is 4.83. The molecule has 0 aromatic heterocycles.